The molecule has 0 spiro atoms. The molecule has 0 aliphatic carbocycles. The van der Waals surface area contributed by atoms with Crippen LogP contribution in [0.2, 0.25) is 0 Å². The third-order valence-corrected chi connectivity index (χ3v) is 4.21. The van der Waals surface area contributed by atoms with Crippen molar-refractivity contribution in [1.29, 1.82) is 0 Å². The molecule has 1 aromatic carbocycles. The van der Waals surface area contributed by atoms with Crippen LogP contribution in [0, 0.1) is 5.92 Å². The molecule has 2 aromatic rings. The van der Waals surface area contributed by atoms with Gasteiger partial charge >= 0.3 is 0 Å². The summed E-state index contributed by atoms with van der Waals surface area (Å²) < 4.78 is 2.93. The summed E-state index contributed by atoms with van der Waals surface area (Å²) in [5.41, 5.74) is 3.66. The van der Waals surface area contributed by atoms with Crippen molar-refractivity contribution >= 4 is 21.9 Å². The second kappa shape index (κ2) is 5.01. The molecule has 0 radical (unpaired) electrons. The van der Waals surface area contributed by atoms with E-state index >= 15 is 0 Å². The predicted molar refractivity (Wildman–Crippen MR) is 81.3 cm³/mol. The Bertz CT molecular complexity index is 654. The first-order valence-corrected chi connectivity index (χ1v) is 7.35. The molecule has 1 N–H and O–H groups in total. The van der Waals surface area contributed by atoms with Crippen molar-refractivity contribution in [2.24, 2.45) is 5.92 Å². The van der Waals surface area contributed by atoms with Crippen LogP contribution in [0.5, 0.6) is 0 Å². The summed E-state index contributed by atoms with van der Waals surface area (Å²) in [7, 11) is 0. The highest BCUT2D eigenvalue weighted by Gasteiger charge is 2.33. The zero-order valence-corrected chi connectivity index (χ0v) is 13.2. The quantitative estimate of drug-likeness (QED) is 0.869. The third kappa shape index (κ3) is 2.14. The number of fused-ring (bicyclic) bond motifs is 1. The number of nitrogens with one attached hydrogen (secondary N) is 1. The van der Waals surface area contributed by atoms with Crippen molar-refractivity contribution in [3.8, 4) is 0 Å². The Morgan fingerprint density at radius 1 is 1.25 bits per heavy atom. The molecule has 20 heavy (non-hydrogen) atoms. The van der Waals surface area contributed by atoms with Crippen LogP contribution in [0.1, 0.15) is 32.4 Å². The van der Waals surface area contributed by atoms with Crippen LogP contribution in [0.3, 0.4) is 0 Å². The predicted octanol–water partition coefficient (Wildman–Crippen LogP) is 3.38. The van der Waals surface area contributed by atoms with Gasteiger partial charge < -0.3 is 5.32 Å². The van der Waals surface area contributed by atoms with Gasteiger partial charge in [0.2, 0.25) is 5.95 Å². The van der Waals surface area contributed by atoms with Crippen LogP contribution in [0.25, 0.3) is 0 Å². The van der Waals surface area contributed by atoms with Crippen molar-refractivity contribution in [1.82, 2.24) is 20.2 Å². The normalized spacial score (nSPS) is 21.3. The number of halogens is 1. The van der Waals surface area contributed by atoms with Crippen LogP contribution < -0.4 is 5.32 Å². The molecule has 0 saturated carbocycles. The lowest BCUT2D eigenvalue weighted by Crippen LogP contribution is -2.31. The van der Waals surface area contributed by atoms with Crippen LogP contribution in [0.4, 0.5) is 5.95 Å². The largest absolute Gasteiger partial charge is 0.326 e. The Balaban J connectivity index is 2.13. The van der Waals surface area contributed by atoms with E-state index in [1.807, 2.05) is 4.68 Å². The van der Waals surface area contributed by atoms with Gasteiger partial charge in [0.05, 0.1) is 6.04 Å². The van der Waals surface area contributed by atoms with Crippen molar-refractivity contribution in [3.05, 3.63) is 45.6 Å². The summed E-state index contributed by atoms with van der Waals surface area (Å²) >= 11 is 3.48. The Morgan fingerprint density at radius 2 is 1.95 bits per heavy atom. The number of allylic oxidation sites excluding steroid dienone is 2. The van der Waals surface area contributed by atoms with E-state index in [4.69, 9.17) is 0 Å². The highest BCUT2D eigenvalue weighted by atomic mass is 79.9. The Labute approximate surface area is 126 Å². The molecular weight excluding hydrogens is 318 g/mol. The smallest absolute Gasteiger partial charge is 0.247 e. The molecule has 0 saturated heterocycles. The molecule has 0 amide bonds. The van der Waals surface area contributed by atoms with E-state index in [1.165, 1.54) is 16.8 Å². The Hall–Kier alpha value is -1.69. The Kier molecular flexibility index (Phi) is 3.33. The average molecular weight is 334 g/mol. The molecule has 5 nitrogen and oxygen atoms in total. The third-order valence-electron chi connectivity index (χ3n) is 3.68. The van der Waals surface area contributed by atoms with Crippen molar-refractivity contribution in [2.45, 2.75) is 26.8 Å². The fraction of sp³-hybridized carbons (Fsp3) is 0.357. The molecule has 2 heterocycles. The van der Waals surface area contributed by atoms with E-state index in [0.29, 0.717) is 5.95 Å². The van der Waals surface area contributed by atoms with Gasteiger partial charge in [0.15, 0.2) is 0 Å². The molecular formula is C14H16BrN5. The molecule has 1 aliphatic heterocycles. The summed E-state index contributed by atoms with van der Waals surface area (Å²) in [4.78, 5) is 0. The fourth-order valence-corrected chi connectivity index (χ4v) is 3.00. The highest BCUT2D eigenvalue weighted by molar-refractivity contribution is 9.10. The number of anilines is 1. The van der Waals surface area contributed by atoms with Gasteiger partial charge in [-0.05, 0) is 42.0 Å². The Morgan fingerprint density at radius 3 is 2.60 bits per heavy atom. The first kappa shape index (κ1) is 13.3. The van der Waals surface area contributed by atoms with E-state index < -0.39 is 0 Å². The standard InChI is InChI=1S/C14H16BrN5/c1-8(2)12-9(3)13(10-4-6-11(15)7-5-10)20-14(16-12)17-18-19-20/h4-7,9,13H,1-3H3,(H,16,17,19)/t9-,13+/m0/s1. The van der Waals surface area contributed by atoms with Crippen molar-refractivity contribution < 1.29 is 0 Å². The van der Waals surface area contributed by atoms with Gasteiger partial charge in [-0.15, -0.1) is 0 Å². The molecule has 3 rings (SSSR count). The van der Waals surface area contributed by atoms with Crippen molar-refractivity contribution in [3.63, 3.8) is 0 Å². The maximum atomic E-state index is 4.14. The molecule has 0 bridgehead atoms. The second-order valence-corrected chi connectivity index (χ2v) is 6.19. The van der Waals surface area contributed by atoms with E-state index in [9.17, 15) is 0 Å². The van der Waals surface area contributed by atoms with Crippen molar-refractivity contribution in [2.75, 3.05) is 5.32 Å². The summed E-state index contributed by atoms with van der Waals surface area (Å²) in [5.74, 6) is 0.990. The first-order chi connectivity index (χ1) is 9.58. The minimum Gasteiger partial charge on any atom is -0.326 e. The molecule has 104 valence electrons. The van der Waals surface area contributed by atoms with E-state index in [-0.39, 0.29) is 12.0 Å². The van der Waals surface area contributed by atoms with E-state index in [2.05, 4.69) is 81.8 Å². The number of rotatable bonds is 1. The fourth-order valence-electron chi connectivity index (χ4n) is 2.74. The summed E-state index contributed by atoms with van der Waals surface area (Å²) in [6, 6.07) is 8.45. The maximum Gasteiger partial charge on any atom is 0.247 e. The van der Waals surface area contributed by atoms with E-state index in [1.54, 1.807) is 0 Å². The zero-order chi connectivity index (χ0) is 14.3. The van der Waals surface area contributed by atoms with Crippen LogP contribution in [-0.4, -0.2) is 20.2 Å². The van der Waals surface area contributed by atoms with Gasteiger partial charge in [-0.1, -0.05) is 45.7 Å². The minimum absolute atomic E-state index is 0.110. The van der Waals surface area contributed by atoms with Gasteiger partial charge in [0, 0.05) is 16.1 Å². The van der Waals surface area contributed by atoms with Gasteiger partial charge in [-0.3, -0.25) is 0 Å². The number of aromatic nitrogens is 4. The van der Waals surface area contributed by atoms with Gasteiger partial charge in [0.1, 0.15) is 0 Å². The lowest BCUT2D eigenvalue weighted by atomic mass is 9.89. The maximum absolute atomic E-state index is 4.14. The summed E-state index contributed by atoms with van der Waals surface area (Å²) in [6.07, 6.45) is 0. The summed E-state index contributed by atoms with van der Waals surface area (Å²) in [6.45, 7) is 6.42. The second-order valence-electron chi connectivity index (χ2n) is 5.27. The van der Waals surface area contributed by atoms with E-state index in [0.717, 1.165) is 4.47 Å². The van der Waals surface area contributed by atoms with Crippen LogP contribution in [0.15, 0.2) is 40.0 Å². The highest BCUT2D eigenvalue weighted by Crippen LogP contribution is 2.38. The monoisotopic (exact) mass is 333 g/mol. The number of nitrogens with zero attached hydrogens (tertiary/aromatic N) is 4. The number of tetrazole rings is 1. The van der Waals surface area contributed by atoms with Gasteiger partial charge in [-0.25, -0.2) is 4.68 Å². The number of benzene rings is 1. The zero-order valence-electron chi connectivity index (χ0n) is 11.6. The molecule has 1 aromatic heterocycles. The number of hydrogen-bond acceptors (Lipinski definition) is 4. The lowest BCUT2D eigenvalue weighted by molar-refractivity contribution is 0.396. The number of hydrogen-bond donors (Lipinski definition) is 1. The van der Waals surface area contributed by atoms with Crippen LogP contribution >= 0.6 is 15.9 Å². The lowest BCUT2D eigenvalue weighted by Gasteiger charge is -2.33. The molecule has 6 heteroatoms. The van der Waals surface area contributed by atoms with Crippen LogP contribution in [-0.2, 0) is 0 Å². The molecule has 2 atom stereocenters. The SMILES string of the molecule is CC(C)=C1Nc2nnnn2[C@@H](c2ccc(Br)cc2)[C@H]1C. The first-order valence-electron chi connectivity index (χ1n) is 6.55. The van der Waals surface area contributed by atoms with Gasteiger partial charge in [0.25, 0.3) is 0 Å². The average Bonchev–Trinajstić information content (AvgIpc) is 2.87. The topological polar surface area (TPSA) is 55.6 Å². The summed E-state index contributed by atoms with van der Waals surface area (Å²) in [5, 5.41) is 15.3. The molecule has 0 unspecified atom stereocenters. The minimum atomic E-state index is 0.110. The molecule has 1 aliphatic rings. The van der Waals surface area contributed by atoms with Gasteiger partial charge in [-0.2, -0.15) is 0 Å². The molecule has 0 fully saturated rings.